The molecule has 0 bridgehead atoms. The highest BCUT2D eigenvalue weighted by molar-refractivity contribution is 8.05. The molecule has 1 unspecified atom stereocenters. The van der Waals surface area contributed by atoms with E-state index in [2.05, 4.69) is 11.9 Å². The molecule has 6 nitrogen and oxygen atoms in total. The molecule has 0 radical (unpaired) electrons. The summed E-state index contributed by atoms with van der Waals surface area (Å²) in [5, 5.41) is 11.8. The molecule has 1 heterocycles. The number of thioether (sulfide) groups is 1. The van der Waals surface area contributed by atoms with Gasteiger partial charge in [0.15, 0.2) is 0 Å². The van der Waals surface area contributed by atoms with Crippen molar-refractivity contribution in [1.29, 1.82) is 5.26 Å². The number of carbonyl (C=O) groups is 2. The van der Waals surface area contributed by atoms with Crippen molar-refractivity contribution >= 4 is 29.3 Å². The van der Waals surface area contributed by atoms with Gasteiger partial charge in [-0.15, -0.1) is 6.58 Å². The van der Waals surface area contributed by atoms with Crippen LogP contribution >= 0.6 is 11.8 Å². The van der Waals surface area contributed by atoms with Crippen LogP contribution in [0.1, 0.15) is 5.56 Å². The Balaban J connectivity index is 2.04. The molecule has 8 heteroatoms. The van der Waals surface area contributed by atoms with E-state index in [0.717, 1.165) is 11.8 Å². The molecular weight excluding hydrogens is 417 g/mol. The fraction of sp³-hybridized carbons (Fsp3) is 0.174. The van der Waals surface area contributed by atoms with Gasteiger partial charge >= 0.3 is 0 Å². The van der Waals surface area contributed by atoms with Crippen molar-refractivity contribution in [3.05, 3.63) is 83.2 Å². The lowest BCUT2D eigenvalue weighted by Crippen LogP contribution is -2.32. The van der Waals surface area contributed by atoms with Crippen molar-refractivity contribution in [3.63, 3.8) is 0 Å². The average Bonchev–Trinajstić information content (AvgIpc) is 3.10. The zero-order chi connectivity index (χ0) is 22.4. The van der Waals surface area contributed by atoms with Crippen LogP contribution in [0, 0.1) is 17.1 Å². The highest BCUT2D eigenvalue weighted by Gasteiger charge is 2.41. The molecule has 2 aromatic carbocycles. The van der Waals surface area contributed by atoms with Gasteiger partial charge in [-0.2, -0.15) is 5.26 Å². The van der Waals surface area contributed by atoms with Crippen LogP contribution in [0.3, 0.4) is 0 Å². The molecule has 3 rings (SSSR count). The number of carbonyl (C=O) groups excluding carboxylic acids is 2. The fourth-order valence-corrected chi connectivity index (χ4v) is 4.37. The third-order valence-corrected chi connectivity index (χ3v) is 5.87. The topological polar surface area (TPSA) is 82.4 Å². The maximum atomic E-state index is 14.2. The third-order valence-electron chi connectivity index (χ3n) is 4.61. The number of hydrogen-bond acceptors (Lipinski definition) is 5. The molecule has 1 atom stereocenters. The molecule has 1 aliphatic rings. The standard InChI is InChI=1S/C23H20FN3O3S/c1-3-12-26-21(28)18(14-25)23-27(16-8-10-17(30-2)11-9-16)22(29)20(31-23)13-15-6-4-5-7-19(15)24/h3-11,20H,1,12-13H2,2H3,(H,26,28)/b23-18-. The van der Waals surface area contributed by atoms with E-state index in [9.17, 15) is 19.2 Å². The molecule has 31 heavy (non-hydrogen) atoms. The number of rotatable bonds is 7. The van der Waals surface area contributed by atoms with Crippen molar-refractivity contribution in [3.8, 4) is 11.8 Å². The van der Waals surface area contributed by atoms with Crippen molar-refractivity contribution in [2.24, 2.45) is 0 Å². The Labute approximate surface area is 184 Å². The van der Waals surface area contributed by atoms with Crippen LogP contribution in [0.2, 0.25) is 0 Å². The van der Waals surface area contributed by atoms with E-state index in [1.165, 1.54) is 24.2 Å². The Morgan fingerprint density at radius 3 is 2.65 bits per heavy atom. The quantitative estimate of drug-likeness (QED) is 0.407. The third kappa shape index (κ3) is 4.78. The number of halogens is 1. The Bertz CT molecular complexity index is 1080. The average molecular weight is 437 g/mol. The Morgan fingerprint density at radius 2 is 2.03 bits per heavy atom. The molecule has 1 N–H and O–H groups in total. The second-order valence-corrected chi connectivity index (χ2v) is 7.76. The van der Waals surface area contributed by atoms with E-state index >= 15 is 0 Å². The van der Waals surface area contributed by atoms with Crippen molar-refractivity contribution in [2.45, 2.75) is 11.7 Å². The summed E-state index contributed by atoms with van der Waals surface area (Å²) < 4.78 is 19.3. The first-order valence-corrected chi connectivity index (χ1v) is 10.3. The smallest absolute Gasteiger partial charge is 0.264 e. The van der Waals surface area contributed by atoms with Crippen LogP contribution in [-0.2, 0) is 16.0 Å². The van der Waals surface area contributed by atoms with E-state index in [-0.39, 0.29) is 29.5 Å². The van der Waals surface area contributed by atoms with E-state index in [1.54, 1.807) is 42.5 Å². The summed E-state index contributed by atoms with van der Waals surface area (Å²) in [6.45, 7) is 3.72. The number of anilines is 1. The number of nitrogens with zero attached hydrogens (tertiary/aromatic N) is 2. The van der Waals surface area contributed by atoms with Crippen LogP contribution in [0.25, 0.3) is 0 Å². The minimum absolute atomic E-state index is 0.124. The Kier molecular flexibility index (Phi) is 7.11. The second-order valence-electron chi connectivity index (χ2n) is 6.56. The lowest BCUT2D eigenvalue weighted by molar-refractivity contribution is -0.117. The van der Waals surface area contributed by atoms with Gasteiger partial charge in [0.1, 0.15) is 28.2 Å². The predicted octanol–water partition coefficient (Wildman–Crippen LogP) is 3.56. The van der Waals surface area contributed by atoms with Gasteiger partial charge in [-0.05, 0) is 42.3 Å². The molecule has 1 aliphatic heterocycles. The van der Waals surface area contributed by atoms with E-state index in [0.29, 0.717) is 17.0 Å². The second kappa shape index (κ2) is 9.96. The van der Waals surface area contributed by atoms with Crippen molar-refractivity contribution in [2.75, 3.05) is 18.6 Å². The van der Waals surface area contributed by atoms with Crippen molar-refractivity contribution < 1.29 is 18.7 Å². The monoisotopic (exact) mass is 437 g/mol. The summed E-state index contributed by atoms with van der Waals surface area (Å²) in [5.74, 6) is -0.755. The molecular formula is C23H20FN3O3S. The maximum Gasteiger partial charge on any atom is 0.264 e. The number of hydrogen-bond donors (Lipinski definition) is 1. The van der Waals surface area contributed by atoms with E-state index in [4.69, 9.17) is 4.74 Å². The molecule has 0 aliphatic carbocycles. The number of nitriles is 1. The van der Waals surface area contributed by atoms with Crippen molar-refractivity contribution in [1.82, 2.24) is 5.32 Å². The molecule has 1 saturated heterocycles. The largest absolute Gasteiger partial charge is 0.497 e. The highest BCUT2D eigenvalue weighted by atomic mass is 32.2. The number of methoxy groups -OCH3 is 1. The van der Waals surface area contributed by atoms with Crippen LogP contribution in [0.5, 0.6) is 5.75 Å². The van der Waals surface area contributed by atoms with Crippen LogP contribution in [-0.4, -0.2) is 30.7 Å². The molecule has 1 fully saturated rings. The number of amides is 2. The minimum atomic E-state index is -0.690. The van der Waals surface area contributed by atoms with Gasteiger partial charge in [0.25, 0.3) is 5.91 Å². The van der Waals surface area contributed by atoms with E-state index in [1.807, 2.05) is 6.07 Å². The number of nitrogens with one attached hydrogen (secondary N) is 1. The lowest BCUT2D eigenvalue weighted by Gasteiger charge is -2.19. The summed E-state index contributed by atoms with van der Waals surface area (Å²) in [4.78, 5) is 27.2. The first-order chi connectivity index (χ1) is 15.0. The molecule has 0 saturated carbocycles. The SMILES string of the molecule is C=CCNC(=O)/C(C#N)=C1\SC(Cc2ccccc2F)C(=O)N1c1ccc(OC)cc1. The Hall–Kier alpha value is -3.57. The predicted molar refractivity (Wildman–Crippen MR) is 118 cm³/mol. The fourth-order valence-electron chi connectivity index (χ4n) is 3.07. The summed E-state index contributed by atoms with van der Waals surface area (Å²) in [5.41, 5.74) is 0.680. The minimum Gasteiger partial charge on any atom is -0.497 e. The van der Waals surface area contributed by atoms with Gasteiger partial charge in [0.05, 0.1) is 12.4 Å². The number of ether oxygens (including phenoxy) is 1. The Morgan fingerprint density at radius 1 is 1.32 bits per heavy atom. The molecule has 0 aromatic heterocycles. The maximum absolute atomic E-state index is 14.2. The lowest BCUT2D eigenvalue weighted by atomic mass is 10.1. The van der Waals surface area contributed by atoms with Gasteiger partial charge in [-0.3, -0.25) is 14.5 Å². The first-order valence-electron chi connectivity index (χ1n) is 9.41. The summed E-state index contributed by atoms with van der Waals surface area (Å²) in [6.07, 6.45) is 1.62. The van der Waals surface area contributed by atoms with Crippen LogP contribution in [0.4, 0.5) is 10.1 Å². The zero-order valence-electron chi connectivity index (χ0n) is 16.8. The van der Waals surface area contributed by atoms with Gasteiger partial charge in [-0.1, -0.05) is 36.0 Å². The molecule has 2 amide bonds. The van der Waals surface area contributed by atoms with Gasteiger partial charge < -0.3 is 10.1 Å². The summed E-state index contributed by atoms with van der Waals surface area (Å²) >= 11 is 1.08. The van der Waals surface area contributed by atoms with Crippen LogP contribution in [0.15, 0.2) is 71.8 Å². The normalized spacial score (nSPS) is 17.1. The molecule has 2 aromatic rings. The van der Waals surface area contributed by atoms with Crippen LogP contribution < -0.4 is 15.0 Å². The first kappa shape index (κ1) is 22.1. The van der Waals surface area contributed by atoms with Gasteiger partial charge in [0.2, 0.25) is 5.91 Å². The molecule has 158 valence electrons. The summed E-state index contributed by atoms with van der Waals surface area (Å²) in [6, 6.07) is 14.8. The van der Waals surface area contributed by atoms with Gasteiger partial charge in [-0.25, -0.2) is 4.39 Å². The number of benzene rings is 2. The highest BCUT2D eigenvalue weighted by Crippen LogP contribution is 2.42. The van der Waals surface area contributed by atoms with Gasteiger partial charge in [0, 0.05) is 12.2 Å². The summed E-state index contributed by atoms with van der Waals surface area (Å²) in [7, 11) is 1.53. The molecule has 0 spiro atoms. The zero-order valence-corrected chi connectivity index (χ0v) is 17.6. The van der Waals surface area contributed by atoms with E-state index < -0.39 is 17.0 Å².